The summed E-state index contributed by atoms with van der Waals surface area (Å²) >= 11 is 0. The van der Waals surface area contributed by atoms with Gasteiger partial charge in [-0.2, -0.15) is 0 Å². The number of aromatic hydroxyl groups is 1. The van der Waals surface area contributed by atoms with Crippen molar-refractivity contribution < 1.29 is 33.8 Å². The number of para-hydroxylation sites is 1. The number of carbonyl (C=O) groups is 4. The van der Waals surface area contributed by atoms with Gasteiger partial charge in [-0.15, -0.1) is 0 Å². The van der Waals surface area contributed by atoms with E-state index in [0.717, 1.165) is 0 Å². The minimum absolute atomic E-state index is 0.000861. The number of hydrogen-bond acceptors (Lipinski definition) is 7. The summed E-state index contributed by atoms with van der Waals surface area (Å²) < 4.78 is 10.3. The smallest absolute Gasteiger partial charge is 0.408 e. The summed E-state index contributed by atoms with van der Waals surface area (Å²) in [6, 6.07) is 4.13. The lowest BCUT2D eigenvalue weighted by Crippen LogP contribution is -2.55. The van der Waals surface area contributed by atoms with Crippen molar-refractivity contribution in [1.82, 2.24) is 15.5 Å². The van der Waals surface area contributed by atoms with Gasteiger partial charge in [0.25, 0.3) is 0 Å². The second-order valence-corrected chi connectivity index (χ2v) is 9.85. The first-order valence-electron chi connectivity index (χ1n) is 12.9. The van der Waals surface area contributed by atoms with Crippen LogP contribution in [0.4, 0.5) is 4.79 Å². The summed E-state index contributed by atoms with van der Waals surface area (Å²) in [5, 5.41) is 16.0. The van der Waals surface area contributed by atoms with Crippen molar-refractivity contribution in [2.24, 2.45) is 5.92 Å². The van der Waals surface area contributed by atoms with Gasteiger partial charge >= 0.3 is 12.1 Å². The molecule has 0 spiro atoms. The number of hydrogen-bond donors (Lipinski definition) is 3. The number of phenolic OH excluding ortho intramolecular Hbond substituents is 1. The highest BCUT2D eigenvalue weighted by molar-refractivity contribution is 5.92. The van der Waals surface area contributed by atoms with E-state index in [2.05, 4.69) is 10.6 Å². The highest BCUT2D eigenvalue weighted by atomic mass is 16.6. The number of nitrogens with one attached hydrogen (secondary N) is 2. The van der Waals surface area contributed by atoms with Crippen LogP contribution >= 0.6 is 0 Å². The number of nitrogens with zero attached hydrogens (tertiary/aromatic N) is 1. The Kier molecular flexibility index (Phi) is 12.9. The van der Waals surface area contributed by atoms with E-state index >= 15 is 0 Å². The third-order valence-corrected chi connectivity index (χ3v) is 5.62. The highest BCUT2D eigenvalue weighted by Gasteiger charge is 2.38. The summed E-state index contributed by atoms with van der Waals surface area (Å²) in [5.41, 5.74) is -0.522. The van der Waals surface area contributed by atoms with E-state index in [-0.39, 0.29) is 43.3 Å². The van der Waals surface area contributed by atoms with Crippen LogP contribution in [0.5, 0.6) is 5.75 Å². The number of benzene rings is 1. The van der Waals surface area contributed by atoms with Crippen molar-refractivity contribution in [3.63, 3.8) is 0 Å². The normalized spacial score (nSPS) is 13.6. The number of rotatable bonds is 13. The van der Waals surface area contributed by atoms with E-state index in [1.165, 1.54) is 11.0 Å². The molecular weight excluding hydrogens is 478 g/mol. The first-order valence-corrected chi connectivity index (χ1v) is 12.9. The second kappa shape index (κ2) is 15.1. The van der Waals surface area contributed by atoms with Crippen LogP contribution in [0.2, 0.25) is 0 Å². The Morgan fingerprint density at radius 2 is 1.73 bits per heavy atom. The highest BCUT2D eigenvalue weighted by Crippen LogP contribution is 2.30. The number of ether oxygens (including phenoxy) is 2. The fraction of sp³-hybridized carbons (Fsp3) is 0.630. The van der Waals surface area contributed by atoms with E-state index < -0.39 is 41.6 Å². The standard InChI is InChI=1S/C27H43N3O7/c1-8-17-30(25(34)22(18(4)9-2)29-26(35)37-27(5,6)7)23(19-13-11-12-14-20(19)31)24(33)28-16-15-21(32)36-10-3/h11-14,18,22-23,31H,8-10,15-17H2,1-7H3,(H,28,33)(H,29,35). The molecule has 1 rings (SSSR count). The number of alkyl carbamates (subject to hydrolysis) is 1. The maximum Gasteiger partial charge on any atom is 0.408 e. The van der Waals surface area contributed by atoms with Gasteiger partial charge in [0.15, 0.2) is 0 Å². The van der Waals surface area contributed by atoms with E-state index in [9.17, 15) is 24.3 Å². The van der Waals surface area contributed by atoms with Crippen molar-refractivity contribution in [1.29, 1.82) is 0 Å². The molecule has 3 N–H and O–H groups in total. The Balaban J connectivity index is 3.38. The molecule has 0 radical (unpaired) electrons. The van der Waals surface area contributed by atoms with E-state index in [0.29, 0.717) is 12.8 Å². The largest absolute Gasteiger partial charge is 0.508 e. The Hall–Kier alpha value is -3.30. The van der Waals surface area contributed by atoms with E-state index in [4.69, 9.17) is 9.47 Å². The van der Waals surface area contributed by atoms with Gasteiger partial charge in [0.2, 0.25) is 11.8 Å². The third kappa shape index (κ3) is 10.3. The summed E-state index contributed by atoms with van der Waals surface area (Å²) in [5.74, 6) is -1.91. The molecule has 0 bridgehead atoms. The van der Waals surface area contributed by atoms with Gasteiger partial charge in [0.05, 0.1) is 13.0 Å². The quantitative estimate of drug-likeness (QED) is 0.337. The molecule has 0 aliphatic carbocycles. The van der Waals surface area contributed by atoms with E-state index in [1.807, 2.05) is 20.8 Å². The molecule has 0 heterocycles. The lowest BCUT2D eigenvalue weighted by Gasteiger charge is -2.36. The maximum absolute atomic E-state index is 14.0. The van der Waals surface area contributed by atoms with Crippen molar-refractivity contribution in [3.8, 4) is 5.75 Å². The number of amides is 3. The summed E-state index contributed by atoms with van der Waals surface area (Å²) in [6.45, 7) is 12.9. The molecule has 3 atom stereocenters. The molecule has 0 saturated heterocycles. The Bertz CT molecular complexity index is 914. The van der Waals surface area contributed by atoms with Crippen LogP contribution in [0.1, 0.15) is 79.3 Å². The fourth-order valence-corrected chi connectivity index (χ4v) is 3.69. The minimum atomic E-state index is -1.19. The van der Waals surface area contributed by atoms with Crippen LogP contribution in [-0.2, 0) is 23.9 Å². The lowest BCUT2D eigenvalue weighted by molar-refractivity contribution is -0.145. The molecule has 1 aromatic carbocycles. The molecule has 3 unspecified atom stereocenters. The molecule has 208 valence electrons. The van der Waals surface area contributed by atoms with Crippen LogP contribution < -0.4 is 10.6 Å². The van der Waals surface area contributed by atoms with Gasteiger partial charge in [-0.3, -0.25) is 14.4 Å². The van der Waals surface area contributed by atoms with Crippen LogP contribution in [0.15, 0.2) is 24.3 Å². The average molecular weight is 522 g/mol. The zero-order valence-corrected chi connectivity index (χ0v) is 23.1. The van der Waals surface area contributed by atoms with Gasteiger partial charge < -0.3 is 30.1 Å². The maximum atomic E-state index is 14.0. The predicted molar refractivity (Wildman–Crippen MR) is 140 cm³/mol. The molecule has 37 heavy (non-hydrogen) atoms. The minimum Gasteiger partial charge on any atom is -0.508 e. The first kappa shape index (κ1) is 31.7. The number of phenols is 1. The molecule has 1 aromatic rings. The molecular formula is C27H43N3O7. The zero-order valence-electron chi connectivity index (χ0n) is 23.1. The van der Waals surface area contributed by atoms with Gasteiger partial charge in [-0.1, -0.05) is 45.4 Å². The summed E-state index contributed by atoms with van der Waals surface area (Å²) in [6.07, 6.45) is 0.329. The average Bonchev–Trinajstić information content (AvgIpc) is 2.81. The molecule has 0 aromatic heterocycles. The lowest BCUT2D eigenvalue weighted by atomic mass is 9.95. The van der Waals surface area contributed by atoms with Crippen LogP contribution in [-0.4, -0.2) is 65.2 Å². The SMILES string of the molecule is CCCN(C(=O)C(NC(=O)OC(C)(C)C)C(C)CC)C(C(=O)NCCC(=O)OCC)c1ccccc1O. The van der Waals surface area contributed by atoms with Crippen molar-refractivity contribution in [2.45, 2.75) is 85.4 Å². The van der Waals surface area contributed by atoms with Crippen LogP contribution in [0, 0.1) is 5.92 Å². The van der Waals surface area contributed by atoms with Crippen molar-refractivity contribution in [3.05, 3.63) is 29.8 Å². The predicted octanol–water partition coefficient (Wildman–Crippen LogP) is 3.68. The molecule has 0 fully saturated rings. The van der Waals surface area contributed by atoms with Crippen LogP contribution in [0.3, 0.4) is 0 Å². The fourth-order valence-electron chi connectivity index (χ4n) is 3.69. The van der Waals surface area contributed by atoms with Crippen LogP contribution in [0.25, 0.3) is 0 Å². The zero-order chi connectivity index (χ0) is 28.2. The van der Waals surface area contributed by atoms with Gasteiger partial charge in [-0.25, -0.2) is 4.79 Å². The Morgan fingerprint density at radius 3 is 2.27 bits per heavy atom. The summed E-state index contributed by atoms with van der Waals surface area (Å²) in [4.78, 5) is 53.1. The van der Waals surface area contributed by atoms with Crippen molar-refractivity contribution >= 4 is 23.9 Å². The number of carbonyl (C=O) groups excluding carboxylic acids is 4. The third-order valence-electron chi connectivity index (χ3n) is 5.62. The van der Waals surface area contributed by atoms with Gasteiger partial charge in [0.1, 0.15) is 23.4 Å². The molecule has 10 nitrogen and oxygen atoms in total. The molecule has 3 amide bonds. The molecule has 0 aliphatic rings. The Labute approximate surface area is 220 Å². The van der Waals surface area contributed by atoms with Crippen molar-refractivity contribution in [2.75, 3.05) is 19.7 Å². The second-order valence-electron chi connectivity index (χ2n) is 9.85. The first-order chi connectivity index (χ1) is 17.4. The Morgan fingerprint density at radius 1 is 1.08 bits per heavy atom. The number of esters is 1. The molecule has 0 saturated carbocycles. The summed E-state index contributed by atoms with van der Waals surface area (Å²) in [7, 11) is 0. The monoisotopic (exact) mass is 521 g/mol. The topological polar surface area (TPSA) is 134 Å². The van der Waals surface area contributed by atoms with Gasteiger partial charge in [-0.05, 0) is 46.1 Å². The molecule has 10 heteroatoms. The molecule has 0 aliphatic heterocycles. The van der Waals surface area contributed by atoms with E-state index in [1.54, 1.807) is 45.9 Å². The van der Waals surface area contributed by atoms with Gasteiger partial charge in [0, 0.05) is 18.7 Å².